The summed E-state index contributed by atoms with van der Waals surface area (Å²) in [6.07, 6.45) is 4.01. The van der Waals surface area contributed by atoms with Gasteiger partial charge in [0.2, 0.25) is 5.28 Å². The second kappa shape index (κ2) is 7.69. The zero-order valence-electron chi connectivity index (χ0n) is 12.4. The predicted molar refractivity (Wildman–Crippen MR) is 81.4 cm³/mol. The molecule has 1 saturated carbocycles. The number of hydrogen-bond donors (Lipinski definition) is 2. The summed E-state index contributed by atoms with van der Waals surface area (Å²) in [5, 5.41) is 2.71. The number of nitrogens with two attached hydrogens (primary N) is 1. The molecule has 2 atom stereocenters. The molecule has 0 saturated heterocycles. The smallest absolute Gasteiger partial charge is 0.360 e. The van der Waals surface area contributed by atoms with E-state index in [-0.39, 0.29) is 23.8 Å². The molecule has 1 unspecified atom stereocenters. The van der Waals surface area contributed by atoms with Crippen molar-refractivity contribution >= 4 is 23.4 Å². The fraction of sp³-hybridized carbons (Fsp3) is 0.643. The molecule has 0 aliphatic heterocycles. The molecule has 22 heavy (non-hydrogen) atoms. The molecule has 1 aliphatic rings. The molecule has 0 amide bonds. The van der Waals surface area contributed by atoms with Crippen molar-refractivity contribution in [3.05, 3.63) is 16.8 Å². The number of hydrogen-bond acceptors (Lipinski definition) is 6. The molecule has 1 fully saturated rings. The minimum absolute atomic E-state index is 0.0813. The van der Waals surface area contributed by atoms with Crippen molar-refractivity contribution in [2.45, 2.75) is 38.6 Å². The lowest BCUT2D eigenvalue weighted by Gasteiger charge is -2.26. The number of nitrogens with one attached hydrogen (secondary N) is 1. The lowest BCUT2D eigenvalue weighted by atomic mass is 9.86. The van der Waals surface area contributed by atoms with Gasteiger partial charge in [-0.3, -0.25) is 0 Å². The van der Waals surface area contributed by atoms with Gasteiger partial charge in [0.1, 0.15) is 0 Å². The molecule has 122 valence electrons. The van der Waals surface area contributed by atoms with Crippen molar-refractivity contribution in [2.75, 3.05) is 18.5 Å². The van der Waals surface area contributed by atoms with Gasteiger partial charge in [0.05, 0.1) is 6.61 Å². The maximum atomic E-state index is 14.3. The quantitative estimate of drug-likeness (QED) is 0.636. The van der Waals surface area contributed by atoms with E-state index in [9.17, 15) is 9.18 Å². The fourth-order valence-corrected chi connectivity index (χ4v) is 2.80. The fourth-order valence-electron chi connectivity index (χ4n) is 2.63. The highest BCUT2D eigenvalue weighted by molar-refractivity contribution is 6.28. The maximum Gasteiger partial charge on any atom is 0.360 e. The van der Waals surface area contributed by atoms with Gasteiger partial charge in [-0.1, -0.05) is 6.42 Å². The number of aromatic nitrogens is 2. The SMILES string of the molecule is CCOC(=O)c1nc(Cl)nc(NCC2CCC[C@@H](N)C2)c1F. The van der Waals surface area contributed by atoms with Gasteiger partial charge in [-0.25, -0.2) is 14.2 Å². The summed E-state index contributed by atoms with van der Waals surface area (Å²) in [6.45, 7) is 2.28. The largest absolute Gasteiger partial charge is 0.461 e. The number of carbonyl (C=O) groups is 1. The summed E-state index contributed by atoms with van der Waals surface area (Å²) < 4.78 is 19.0. The van der Waals surface area contributed by atoms with Gasteiger partial charge in [0.25, 0.3) is 0 Å². The number of rotatable bonds is 5. The molecule has 1 aromatic rings. The van der Waals surface area contributed by atoms with Crippen molar-refractivity contribution in [1.82, 2.24) is 9.97 Å². The van der Waals surface area contributed by atoms with E-state index < -0.39 is 17.5 Å². The molecule has 8 heteroatoms. The molecule has 0 bridgehead atoms. The third-order valence-electron chi connectivity index (χ3n) is 3.67. The average molecular weight is 331 g/mol. The third kappa shape index (κ3) is 4.27. The zero-order valence-corrected chi connectivity index (χ0v) is 13.2. The number of esters is 1. The lowest BCUT2D eigenvalue weighted by Crippen LogP contribution is -2.31. The number of ether oxygens (including phenoxy) is 1. The van der Waals surface area contributed by atoms with E-state index >= 15 is 0 Å². The Labute approximate surface area is 133 Å². The summed E-state index contributed by atoms with van der Waals surface area (Å²) in [6, 6.07) is 0.189. The molecular formula is C14H20ClFN4O2. The van der Waals surface area contributed by atoms with Crippen LogP contribution in [0.5, 0.6) is 0 Å². The second-order valence-electron chi connectivity index (χ2n) is 5.40. The van der Waals surface area contributed by atoms with Crippen LogP contribution in [-0.2, 0) is 4.74 Å². The van der Waals surface area contributed by atoms with Crippen molar-refractivity contribution < 1.29 is 13.9 Å². The van der Waals surface area contributed by atoms with E-state index in [1.54, 1.807) is 6.92 Å². The van der Waals surface area contributed by atoms with Crippen LogP contribution in [0.15, 0.2) is 0 Å². The highest BCUT2D eigenvalue weighted by atomic mass is 35.5. The van der Waals surface area contributed by atoms with Crippen LogP contribution in [0.25, 0.3) is 0 Å². The topological polar surface area (TPSA) is 90.1 Å². The first-order valence-corrected chi connectivity index (χ1v) is 7.78. The predicted octanol–water partition coefficient (Wildman–Crippen LogP) is 2.38. The van der Waals surface area contributed by atoms with Gasteiger partial charge in [-0.05, 0) is 43.7 Å². The van der Waals surface area contributed by atoms with E-state index in [1.165, 1.54) is 0 Å². The monoisotopic (exact) mass is 330 g/mol. The highest BCUT2D eigenvalue weighted by Gasteiger charge is 2.23. The van der Waals surface area contributed by atoms with Crippen LogP contribution >= 0.6 is 11.6 Å². The molecule has 2 rings (SSSR count). The van der Waals surface area contributed by atoms with E-state index in [2.05, 4.69) is 15.3 Å². The molecule has 3 N–H and O–H groups in total. The first kappa shape index (κ1) is 16.9. The van der Waals surface area contributed by atoms with Gasteiger partial charge in [-0.15, -0.1) is 0 Å². The molecule has 6 nitrogen and oxygen atoms in total. The minimum Gasteiger partial charge on any atom is -0.461 e. The minimum atomic E-state index is -0.855. The van der Waals surface area contributed by atoms with E-state index in [4.69, 9.17) is 22.1 Å². The molecule has 1 aromatic heterocycles. The van der Waals surface area contributed by atoms with Gasteiger partial charge in [0.15, 0.2) is 17.3 Å². The zero-order chi connectivity index (χ0) is 16.1. The Morgan fingerprint density at radius 3 is 2.95 bits per heavy atom. The molecule has 0 spiro atoms. The van der Waals surface area contributed by atoms with Crippen LogP contribution in [0.1, 0.15) is 43.1 Å². The first-order valence-electron chi connectivity index (χ1n) is 7.40. The molecule has 0 radical (unpaired) electrons. The van der Waals surface area contributed by atoms with Crippen molar-refractivity contribution in [3.63, 3.8) is 0 Å². The summed E-state index contributed by atoms with van der Waals surface area (Å²) in [7, 11) is 0. The van der Waals surface area contributed by atoms with Crippen LogP contribution in [0.3, 0.4) is 0 Å². The highest BCUT2D eigenvalue weighted by Crippen LogP contribution is 2.24. The van der Waals surface area contributed by atoms with Gasteiger partial charge < -0.3 is 15.8 Å². The third-order valence-corrected chi connectivity index (χ3v) is 3.84. The second-order valence-corrected chi connectivity index (χ2v) is 5.74. The Balaban J connectivity index is 2.08. The summed E-state index contributed by atoms with van der Waals surface area (Å²) in [5.74, 6) is -1.43. The Hall–Kier alpha value is -1.47. The van der Waals surface area contributed by atoms with Gasteiger partial charge >= 0.3 is 5.97 Å². The van der Waals surface area contributed by atoms with E-state index in [0.29, 0.717) is 12.5 Å². The van der Waals surface area contributed by atoms with Crippen LogP contribution < -0.4 is 11.1 Å². The number of carbonyl (C=O) groups excluding carboxylic acids is 1. The van der Waals surface area contributed by atoms with Crippen LogP contribution in [0.2, 0.25) is 5.28 Å². The Morgan fingerprint density at radius 2 is 2.27 bits per heavy atom. The lowest BCUT2D eigenvalue weighted by molar-refractivity contribution is 0.0513. The molecular weight excluding hydrogens is 311 g/mol. The number of nitrogens with zero attached hydrogens (tertiary/aromatic N) is 2. The van der Waals surface area contributed by atoms with E-state index in [0.717, 1.165) is 25.7 Å². The van der Waals surface area contributed by atoms with Gasteiger partial charge in [0, 0.05) is 12.6 Å². The maximum absolute atomic E-state index is 14.3. The number of halogens is 2. The average Bonchev–Trinajstić information content (AvgIpc) is 2.48. The first-order chi connectivity index (χ1) is 10.5. The number of anilines is 1. The molecule has 1 aliphatic carbocycles. The summed E-state index contributed by atoms with van der Waals surface area (Å²) in [4.78, 5) is 19.1. The van der Waals surface area contributed by atoms with Crippen molar-refractivity contribution in [1.29, 1.82) is 0 Å². The van der Waals surface area contributed by atoms with Gasteiger partial charge in [-0.2, -0.15) is 4.98 Å². The molecule has 1 heterocycles. The Morgan fingerprint density at radius 1 is 1.50 bits per heavy atom. The Kier molecular flexibility index (Phi) is 5.90. The summed E-state index contributed by atoms with van der Waals surface area (Å²) in [5.41, 5.74) is 5.48. The Bertz CT molecular complexity index is 544. The van der Waals surface area contributed by atoms with Crippen LogP contribution in [0.4, 0.5) is 10.2 Å². The summed E-state index contributed by atoms with van der Waals surface area (Å²) >= 11 is 5.75. The van der Waals surface area contributed by atoms with Crippen LogP contribution in [-0.4, -0.2) is 35.1 Å². The van der Waals surface area contributed by atoms with Crippen LogP contribution in [0, 0.1) is 11.7 Å². The van der Waals surface area contributed by atoms with Crippen molar-refractivity contribution in [3.8, 4) is 0 Å². The van der Waals surface area contributed by atoms with E-state index in [1.807, 2.05) is 0 Å². The molecule has 0 aromatic carbocycles. The normalized spacial score (nSPS) is 21.5. The standard InChI is InChI=1S/C14H20ClFN4O2/c1-2-22-13(21)11-10(16)12(20-14(15)19-11)18-7-8-4-3-5-9(17)6-8/h8-9H,2-7,17H2,1H3,(H,18,19,20)/t8?,9-/m1/s1. The van der Waals surface area contributed by atoms with Crippen molar-refractivity contribution in [2.24, 2.45) is 11.7 Å².